The minimum Gasteiger partial charge on any atom is -0.355 e. The van der Waals surface area contributed by atoms with Crippen LogP contribution in [-0.2, 0) is 4.79 Å². The second-order valence-corrected chi connectivity index (χ2v) is 7.64. The van der Waals surface area contributed by atoms with Gasteiger partial charge in [0.05, 0.1) is 6.54 Å². The lowest BCUT2D eigenvalue weighted by Gasteiger charge is -2.22. The second-order valence-electron chi connectivity index (χ2n) is 7.64. The van der Waals surface area contributed by atoms with Gasteiger partial charge in [-0.3, -0.25) is 14.5 Å². The molecule has 1 N–H and O–H groups in total. The molecule has 0 atom stereocenters. The van der Waals surface area contributed by atoms with E-state index in [2.05, 4.69) is 16.3 Å². The predicted octanol–water partition coefficient (Wildman–Crippen LogP) is 2.98. The highest BCUT2D eigenvalue weighted by Crippen LogP contribution is 2.19. The van der Waals surface area contributed by atoms with E-state index in [4.69, 9.17) is 0 Å². The van der Waals surface area contributed by atoms with Gasteiger partial charge in [-0.05, 0) is 56.7 Å². The molecular weight excluding hydrogens is 357 g/mol. The Balaban J connectivity index is 1.41. The van der Waals surface area contributed by atoms with E-state index >= 15 is 0 Å². The molecule has 1 aromatic rings. The fourth-order valence-corrected chi connectivity index (χ4v) is 3.89. The Morgan fingerprint density at radius 3 is 2.75 bits per heavy atom. The Hall–Kier alpha value is -2.21. The van der Waals surface area contributed by atoms with Crippen LogP contribution in [0, 0.1) is 5.82 Å². The lowest BCUT2D eigenvalue weighted by atomic mass is 9.97. The number of allylic oxidation sites excluding steroid dienone is 1. The normalized spacial score (nSPS) is 18.3. The first kappa shape index (κ1) is 20.5. The number of hydrogen-bond acceptors (Lipinski definition) is 3. The van der Waals surface area contributed by atoms with Gasteiger partial charge in [-0.1, -0.05) is 17.7 Å². The number of benzene rings is 1. The Morgan fingerprint density at radius 1 is 1.07 bits per heavy atom. The van der Waals surface area contributed by atoms with Crippen molar-refractivity contribution in [2.45, 2.75) is 38.5 Å². The summed E-state index contributed by atoms with van der Waals surface area (Å²) in [6.45, 7) is 3.67. The number of halogens is 1. The van der Waals surface area contributed by atoms with Crippen molar-refractivity contribution in [1.29, 1.82) is 0 Å². The standard InChI is InChI=1S/C22H30FN3O2/c23-20-9-4-8-19(16-20)22(28)26-13-5-12-25(14-15-26)17-21(27)24-11-10-18-6-2-1-3-7-18/h4,6,8-9,16H,1-3,5,7,10-15,17H2,(H,24,27). The Labute approximate surface area is 166 Å². The molecule has 0 saturated carbocycles. The van der Waals surface area contributed by atoms with E-state index in [1.807, 2.05) is 0 Å². The van der Waals surface area contributed by atoms with E-state index in [1.165, 1.54) is 37.0 Å². The van der Waals surface area contributed by atoms with E-state index in [-0.39, 0.29) is 11.8 Å². The SMILES string of the molecule is O=C(CN1CCCN(C(=O)c2cccc(F)c2)CC1)NCCC1=CCCCC1. The van der Waals surface area contributed by atoms with Crippen molar-refractivity contribution in [2.24, 2.45) is 0 Å². The molecule has 28 heavy (non-hydrogen) atoms. The van der Waals surface area contributed by atoms with E-state index in [0.717, 1.165) is 25.8 Å². The van der Waals surface area contributed by atoms with Crippen LogP contribution in [0.15, 0.2) is 35.9 Å². The zero-order chi connectivity index (χ0) is 19.8. The number of nitrogens with zero attached hydrogens (tertiary/aromatic N) is 2. The molecule has 6 heteroatoms. The maximum atomic E-state index is 13.4. The Bertz CT molecular complexity index is 719. The van der Waals surface area contributed by atoms with Crippen LogP contribution in [0.3, 0.4) is 0 Å². The third kappa shape index (κ3) is 6.16. The van der Waals surface area contributed by atoms with Crippen LogP contribution in [0.1, 0.15) is 48.9 Å². The number of carbonyl (C=O) groups is 2. The number of carbonyl (C=O) groups excluding carboxylic acids is 2. The van der Waals surface area contributed by atoms with Crippen molar-refractivity contribution >= 4 is 11.8 Å². The maximum Gasteiger partial charge on any atom is 0.254 e. The first-order chi connectivity index (χ1) is 13.6. The highest BCUT2D eigenvalue weighted by molar-refractivity contribution is 5.94. The van der Waals surface area contributed by atoms with Crippen LogP contribution in [0.25, 0.3) is 0 Å². The largest absolute Gasteiger partial charge is 0.355 e. The number of nitrogens with one attached hydrogen (secondary N) is 1. The van der Waals surface area contributed by atoms with E-state index in [9.17, 15) is 14.0 Å². The molecule has 3 rings (SSSR count). The summed E-state index contributed by atoms with van der Waals surface area (Å²) in [6, 6.07) is 5.81. The molecule has 0 aromatic heterocycles. The minimum absolute atomic E-state index is 0.0429. The summed E-state index contributed by atoms with van der Waals surface area (Å²) >= 11 is 0. The first-order valence-electron chi connectivity index (χ1n) is 10.3. The summed E-state index contributed by atoms with van der Waals surface area (Å²) in [5, 5.41) is 3.02. The zero-order valence-corrected chi connectivity index (χ0v) is 16.5. The molecule has 2 amide bonds. The maximum absolute atomic E-state index is 13.4. The highest BCUT2D eigenvalue weighted by atomic mass is 19.1. The van der Waals surface area contributed by atoms with Gasteiger partial charge in [-0.2, -0.15) is 0 Å². The zero-order valence-electron chi connectivity index (χ0n) is 16.5. The van der Waals surface area contributed by atoms with Crippen LogP contribution in [0.2, 0.25) is 0 Å². The van der Waals surface area contributed by atoms with Gasteiger partial charge in [-0.15, -0.1) is 0 Å². The topological polar surface area (TPSA) is 52.7 Å². The second kappa shape index (κ2) is 10.4. The molecular formula is C22H30FN3O2. The van der Waals surface area contributed by atoms with E-state index < -0.39 is 5.82 Å². The summed E-state index contributed by atoms with van der Waals surface area (Å²) in [5.41, 5.74) is 1.84. The molecule has 1 aromatic carbocycles. The van der Waals surface area contributed by atoms with Crippen molar-refractivity contribution < 1.29 is 14.0 Å². The monoisotopic (exact) mass is 387 g/mol. The van der Waals surface area contributed by atoms with Crippen molar-refractivity contribution in [3.8, 4) is 0 Å². The summed E-state index contributed by atoms with van der Waals surface area (Å²) < 4.78 is 13.4. The van der Waals surface area contributed by atoms with Crippen LogP contribution in [-0.4, -0.2) is 60.9 Å². The van der Waals surface area contributed by atoms with Crippen LogP contribution >= 0.6 is 0 Å². The van der Waals surface area contributed by atoms with Gasteiger partial charge in [0.2, 0.25) is 5.91 Å². The predicted molar refractivity (Wildman–Crippen MR) is 108 cm³/mol. The van der Waals surface area contributed by atoms with Gasteiger partial charge in [-0.25, -0.2) is 4.39 Å². The summed E-state index contributed by atoms with van der Waals surface area (Å²) in [4.78, 5) is 28.7. The first-order valence-corrected chi connectivity index (χ1v) is 10.3. The molecule has 152 valence electrons. The summed E-state index contributed by atoms with van der Waals surface area (Å²) in [7, 11) is 0. The third-order valence-electron chi connectivity index (χ3n) is 5.47. The summed E-state index contributed by atoms with van der Waals surface area (Å²) in [5.74, 6) is -0.504. The average Bonchev–Trinajstić information content (AvgIpc) is 2.94. The number of hydrogen-bond donors (Lipinski definition) is 1. The molecule has 1 fully saturated rings. The molecule has 1 aliphatic carbocycles. The third-order valence-corrected chi connectivity index (χ3v) is 5.47. The lowest BCUT2D eigenvalue weighted by molar-refractivity contribution is -0.122. The number of rotatable bonds is 6. The minimum atomic E-state index is -0.400. The lowest BCUT2D eigenvalue weighted by Crippen LogP contribution is -2.40. The van der Waals surface area contributed by atoms with E-state index in [0.29, 0.717) is 38.3 Å². The van der Waals surface area contributed by atoms with Gasteiger partial charge in [0.15, 0.2) is 0 Å². The van der Waals surface area contributed by atoms with Crippen molar-refractivity contribution in [1.82, 2.24) is 15.1 Å². The van der Waals surface area contributed by atoms with Gasteiger partial charge < -0.3 is 10.2 Å². The van der Waals surface area contributed by atoms with Gasteiger partial charge in [0, 0.05) is 38.3 Å². The molecule has 0 spiro atoms. The molecule has 1 heterocycles. The quantitative estimate of drug-likeness (QED) is 0.764. The molecule has 0 radical (unpaired) electrons. The van der Waals surface area contributed by atoms with Crippen molar-refractivity contribution in [3.63, 3.8) is 0 Å². The molecule has 5 nitrogen and oxygen atoms in total. The molecule has 0 bridgehead atoms. The smallest absolute Gasteiger partial charge is 0.254 e. The molecule has 0 unspecified atom stereocenters. The fourth-order valence-electron chi connectivity index (χ4n) is 3.89. The van der Waals surface area contributed by atoms with E-state index in [1.54, 1.807) is 17.0 Å². The summed E-state index contributed by atoms with van der Waals surface area (Å²) in [6.07, 6.45) is 8.94. The fraction of sp³-hybridized carbons (Fsp3) is 0.545. The van der Waals surface area contributed by atoms with Crippen LogP contribution in [0.4, 0.5) is 4.39 Å². The Kier molecular flexibility index (Phi) is 7.60. The van der Waals surface area contributed by atoms with Crippen LogP contribution < -0.4 is 5.32 Å². The Morgan fingerprint density at radius 2 is 1.96 bits per heavy atom. The molecule has 2 aliphatic rings. The number of amides is 2. The van der Waals surface area contributed by atoms with Gasteiger partial charge in [0.25, 0.3) is 5.91 Å². The molecule has 1 aliphatic heterocycles. The van der Waals surface area contributed by atoms with Crippen LogP contribution in [0.5, 0.6) is 0 Å². The molecule has 1 saturated heterocycles. The van der Waals surface area contributed by atoms with Crippen molar-refractivity contribution in [3.05, 3.63) is 47.3 Å². The highest BCUT2D eigenvalue weighted by Gasteiger charge is 2.21. The average molecular weight is 387 g/mol. The van der Waals surface area contributed by atoms with Gasteiger partial charge >= 0.3 is 0 Å². The van der Waals surface area contributed by atoms with Gasteiger partial charge in [0.1, 0.15) is 5.82 Å². The van der Waals surface area contributed by atoms with Crippen molar-refractivity contribution in [2.75, 3.05) is 39.3 Å².